The van der Waals surface area contributed by atoms with Gasteiger partial charge in [-0.1, -0.05) is 291 Å². The van der Waals surface area contributed by atoms with E-state index in [0.717, 1.165) is 122 Å². The average molecular weight is 1090 g/mol. The molecular weight excluding hydrogens is 961 g/mol. The standard InChI is InChI=1S/C72H124O6/c1-4-7-10-13-16-19-22-24-26-28-29-30-31-32-33-34-35-36-37-38-39-40-41-42-43-45-46-48-50-53-56-59-62-65-71(74)77-68-69(67-76-70(73)64-61-58-55-52-21-18-15-12-9-6-3)78-72(75)66-63-60-57-54-51-49-47-44-27-25-23-20-17-14-11-8-5-2/h7-8,10-12,15-17,19-20,24-27,29-30,69H,4-6,9,13-14,18,21-23,28,31-68H2,1-3H3/b10-7-,11-8-,15-12-,19-16-,20-17-,26-24-,27-25-,30-29-. The molecule has 0 saturated heterocycles. The zero-order chi connectivity index (χ0) is 56.4. The number of hydrogen-bond donors (Lipinski definition) is 0. The van der Waals surface area contributed by atoms with Gasteiger partial charge in [0.05, 0.1) is 0 Å². The van der Waals surface area contributed by atoms with Crippen LogP contribution in [0.2, 0.25) is 0 Å². The third kappa shape index (κ3) is 63.2. The Bertz CT molecular complexity index is 1530. The van der Waals surface area contributed by atoms with Gasteiger partial charge >= 0.3 is 17.9 Å². The number of carbonyl (C=O) groups excluding carboxylic acids is 3. The number of esters is 3. The first-order chi connectivity index (χ1) is 38.5. The molecule has 0 spiro atoms. The number of allylic oxidation sites excluding steroid dienone is 16. The van der Waals surface area contributed by atoms with E-state index in [1.54, 1.807) is 0 Å². The molecule has 0 rings (SSSR count). The van der Waals surface area contributed by atoms with Gasteiger partial charge in [-0.25, -0.2) is 0 Å². The molecule has 6 heteroatoms. The molecule has 6 nitrogen and oxygen atoms in total. The first-order valence-corrected chi connectivity index (χ1v) is 33.2. The zero-order valence-electron chi connectivity index (χ0n) is 51.4. The van der Waals surface area contributed by atoms with E-state index < -0.39 is 6.10 Å². The van der Waals surface area contributed by atoms with E-state index in [9.17, 15) is 14.4 Å². The van der Waals surface area contributed by atoms with Gasteiger partial charge < -0.3 is 14.2 Å². The Labute approximate surface area is 483 Å². The van der Waals surface area contributed by atoms with Gasteiger partial charge in [-0.15, -0.1) is 0 Å². The normalized spacial score (nSPS) is 12.7. The van der Waals surface area contributed by atoms with Crippen LogP contribution in [0.3, 0.4) is 0 Å². The second kappa shape index (κ2) is 65.8. The van der Waals surface area contributed by atoms with Crippen molar-refractivity contribution in [3.63, 3.8) is 0 Å². The molecule has 0 bridgehead atoms. The van der Waals surface area contributed by atoms with Crippen molar-refractivity contribution in [2.75, 3.05) is 13.2 Å². The molecule has 0 fully saturated rings. The summed E-state index contributed by atoms with van der Waals surface area (Å²) in [5.41, 5.74) is 0. The number of rotatable bonds is 60. The van der Waals surface area contributed by atoms with Crippen molar-refractivity contribution in [2.45, 2.75) is 329 Å². The molecule has 1 unspecified atom stereocenters. The molecular formula is C72H124O6. The number of ether oxygens (including phenoxy) is 3. The summed E-state index contributed by atoms with van der Waals surface area (Å²) < 4.78 is 16.9. The fraction of sp³-hybridized carbons (Fsp3) is 0.736. The molecule has 0 aliphatic heterocycles. The van der Waals surface area contributed by atoms with Gasteiger partial charge in [-0.2, -0.15) is 0 Å². The van der Waals surface area contributed by atoms with E-state index in [0.29, 0.717) is 19.3 Å². The number of hydrogen-bond acceptors (Lipinski definition) is 6. The van der Waals surface area contributed by atoms with Crippen LogP contribution in [0.4, 0.5) is 0 Å². The second-order valence-electron chi connectivity index (χ2n) is 22.0. The van der Waals surface area contributed by atoms with Crippen LogP contribution in [0.25, 0.3) is 0 Å². The van der Waals surface area contributed by atoms with Gasteiger partial charge in [0.1, 0.15) is 13.2 Å². The summed E-state index contributed by atoms with van der Waals surface area (Å²) in [6.45, 7) is 6.37. The van der Waals surface area contributed by atoms with Crippen molar-refractivity contribution in [3.8, 4) is 0 Å². The summed E-state index contributed by atoms with van der Waals surface area (Å²) >= 11 is 0. The maximum Gasteiger partial charge on any atom is 0.306 e. The highest BCUT2D eigenvalue weighted by molar-refractivity contribution is 5.71. The first kappa shape index (κ1) is 74.3. The fourth-order valence-corrected chi connectivity index (χ4v) is 9.39. The highest BCUT2D eigenvalue weighted by atomic mass is 16.6. The van der Waals surface area contributed by atoms with Crippen LogP contribution < -0.4 is 0 Å². The molecule has 0 saturated carbocycles. The summed E-state index contributed by atoms with van der Waals surface area (Å²) in [6.07, 6.45) is 88.8. The number of carbonyl (C=O) groups is 3. The highest BCUT2D eigenvalue weighted by Gasteiger charge is 2.19. The fourth-order valence-electron chi connectivity index (χ4n) is 9.39. The van der Waals surface area contributed by atoms with Crippen molar-refractivity contribution >= 4 is 17.9 Å². The Morgan fingerprint density at radius 1 is 0.269 bits per heavy atom. The van der Waals surface area contributed by atoms with Crippen LogP contribution in [-0.2, 0) is 28.6 Å². The van der Waals surface area contributed by atoms with Gasteiger partial charge in [0.25, 0.3) is 0 Å². The lowest BCUT2D eigenvalue weighted by Gasteiger charge is -2.18. The molecule has 0 aromatic rings. The molecule has 448 valence electrons. The summed E-state index contributed by atoms with van der Waals surface area (Å²) in [4.78, 5) is 38.2. The lowest BCUT2D eigenvalue weighted by atomic mass is 10.0. The maximum absolute atomic E-state index is 12.9. The molecule has 0 heterocycles. The van der Waals surface area contributed by atoms with Gasteiger partial charge in [-0.05, 0) is 109 Å². The molecule has 0 amide bonds. The summed E-state index contributed by atoms with van der Waals surface area (Å²) in [5, 5.41) is 0. The van der Waals surface area contributed by atoms with E-state index in [1.165, 1.54) is 161 Å². The lowest BCUT2D eigenvalue weighted by Crippen LogP contribution is -2.30. The molecule has 0 aromatic carbocycles. The second-order valence-corrected chi connectivity index (χ2v) is 22.0. The Morgan fingerprint density at radius 3 is 0.795 bits per heavy atom. The third-order valence-electron chi connectivity index (χ3n) is 14.3. The average Bonchev–Trinajstić information content (AvgIpc) is 3.44. The van der Waals surface area contributed by atoms with Gasteiger partial charge in [0.2, 0.25) is 0 Å². The third-order valence-corrected chi connectivity index (χ3v) is 14.3. The Balaban J connectivity index is 4.09. The molecule has 0 aromatic heterocycles. The van der Waals surface area contributed by atoms with Crippen molar-refractivity contribution in [3.05, 3.63) is 97.2 Å². The molecule has 0 N–H and O–H groups in total. The van der Waals surface area contributed by atoms with Crippen LogP contribution in [0, 0.1) is 0 Å². The molecule has 0 radical (unpaired) electrons. The van der Waals surface area contributed by atoms with Gasteiger partial charge in [0, 0.05) is 19.3 Å². The van der Waals surface area contributed by atoms with Crippen molar-refractivity contribution < 1.29 is 28.6 Å². The molecule has 1 atom stereocenters. The van der Waals surface area contributed by atoms with Crippen LogP contribution in [0.1, 0.15) is 323 Å². The van der Waals surface area contributed by atoms with Crippen LogP contribution >= 0.6 is 0 Å². The van der Waals surface area contributed by atoms with E-state index in [-0.39, 0.29) is 31.1 Å². The summed E-state index contributed by atoms with van der Waals surface area (Å²) in [7, 11) is 0. The maximum atomic E-state index is 12.9. The van der Waals surface area contributed by atoms with Crippen LogP contribution in [0.15, 0.2) is 97.2 Å². The molecule has 78 heavy (non-hydrogen) atoms. The topological polar surface area (TPSA) is 78.9 Å². The summed E-state index contributed by atoms with van der Waals surface area (Å²) in [6, 6.07) is 0. The first-order valence-electron chi connectivity index (χ1n) is 33.2. The molecule has 0 aliphatic carbocycles. The predicted octanol–water partition coefficient (Wildman–Crippen LogP) is 22.8. The van der Waals surface area contributed by atoms with E-state index in [1.807, 2.05) is 0 Å². The van der Waals surface area contributed by atoms with E-state index in [4.69, 9.17) is 14.2 Å². The van der Waals surface area contributed by atoms with Gasteiger partial charge in [-0.3, -0.25) is 14.4 Å². The SMILES string of the molecule is CC/C=C\C/C=C\C/C=C\C/C=C\CCCCCCCCCCCCCCCCCCCCCCC(=O)OCC(COC(=O)CCCCCCC/C=C\CCC)OC(=O)CCCCCCCCC/C=C\C/C=C\C/C=C\CC. The van der Waals surface area contributed by atoms with Crippen molar-refractivity contribution in [2.24, 2.45) is 0 Å². The highest BCUT2D eigenvalue weighted by Crippen LogP contribution is 2.17. The minimum absolute atomic E-state index is 0.0810. The quantitative estimate of drug-likeness (QED) is 0.0261. The Kier molecular flexibility index (Phi) is 62.7. The Hall–Kier alpha value is -3.67. The minimum atomic E-state index is -0.784. The smallest absolute Gasteiger partial charge is 0.306 e. The minimum Gasteiger partial charge on any atom is -0.462 e. The largest absolute Gasteiger partial charge is 0.462 e. The van der Waals surface area contributed by atoms with E-state index in [2.05, 4.69) is 118 Å². The Morgan fingerprint density at radius 2 is 0.500 bits per heavy atom. The van der Waals surface area contributed by atoms with Crippen molar-refractivity contribution in [1.82, 2.24) is 0 Å². The monoisotopic (exact) mass is 1080 g/mol. The summed E-state index contributed by atoms with van der Waals surface area (Å²) in [5.74, 6) is -0.891. The number of unbranched alkanes of at least 4 members (excludes halogenated alkanes) is 33. The van der Waals surface area contributed by atoms with Crippen molar-refractivity contribution in [1.29, 1.82) is 0 Å². The molecule has 0 aliphatic rings. The van der Waals surface area contributed by atoms with Crippen LogP contribution in [0.5, 0.6) is 0 Å². The van der Waals surface area contributed by atoms with Crippen LogP contribution in [-0.4, -0.2) is 37.2 Å². The van der Waals surface area contributed by atoms with Gasteiger partial charge in [0.15, 0.2) is 6.10 Å². The zero-order valence-corrected chi connectivity index (χ0v) is 51.4. The van der Waals surface area contributed by atoms with E-state index >= 15 is 0 Å². The lowest BCUT2D eigenvalue weighted by molar-refractivity contribution is -0.167. The predicted molar refractivity (Wildman–Crippen MR) is 339 cm³/mol.